The van der Waals surface area contributed by atoms with Crippen molar-refractivity contribution in [3.63, 3.8) is 0 Å². The first-order valence-electron chi connectivity index (χ1n) is 11.3. The van der Waals surface area contributed by atoms with Crippen molar-refractivity contribution in [2.75, 3.05) is 6.61 Å². The lowest BCUT2D eigenvalue weighted by Gasteiger charge is -2.38. The predicted octanol–water partition coefficient (Wildman–Crippen LogP) is 7.31. The van der Waals surface area contributed by atoms with Gasteiger partial charge in [-0.15, -0.1) is 0 Å². The van der Waals surface area contributed by atoms with E-state index in [0.29, 0.717) is 35.1 Å². The smallest absolute Gasteiger partial charge is 0.192 e. The SMILES string of the molecule is Cc1noc(C)c1-c1nc(-c2cc(OC[C@@H](C)O[Si](C)(C)C(C)(C)C)ccc2F)nc(Cl)c1C. The molecule has 3 aromatic rings. The molecule has 34 heavy (non-hydrogen) atoms. The number of halogens is 2. The molecule has 2 aromatic heterocycles. The maximum Gasteiger partial charge on any atom is 0.192 e. The van der Waals surface area contributed by atoms with Crippen LogP contribution in [0.4, 0.5) is 4.39 Å². The van der Waals surface area contributed by atoms with Crippen LogP contribution in [0.15, 0.2) is 22.7 Å². The summed E-state index contributed by atoms with van der Waals surface area (Å²) in [5.41, 5.74) is 2.84. The standard InChI is InChI=1S/C25H33ClFN3O3Si/c1-14(33-34(8,9)25(5,6)7)13-31-18-10-11-20(27)19(12-18)24-28-22(15(2)23(26)29-24)21-16(3)30-32-17(21)4/h10-12,14H,13H2,1-9H3/t14-/m1/s1. The van der Waals surface area contributed by atoms with E-state index in [0.717, 1.165) is 5.56 Å². The van der Waals surface area contributed by atoms with Gasteiger partial charge in [-0.25, -0.2) is 14.4 Å². The predicted molar refractivity (Wildman–Crippen MR) is 135 cm³/mol. The number of aromatic nitrogens is 3. The molecule has 0 fully saturated rings. The monoisotopic (exact) mass is 505 g/mol. The third kappa shape index (κ3) is 5.50. The maximum atomic E-state index is 14.8. The van der Waals surface area contributed by atoms with Crippen molar-refractivity contribution in [3.05, 3.63) is 46.2 Å². The number of ether oxygens (including phenoxy) is 1. The van der Waals surface area contributed by atoms with Crippen molar-refractivity contribution < 1.29 is 18.1 Å². The van der Waals surface area contributed by atoms with Crippen molar-refractivity contribution >= 4 is 19.9 Å². The molecule has 0 N–H and O–H groups in total. The lowest BCUT2D eigenvalue weighted by atomic mass is 10.1. The van der Waals surface area contributed by atoms with Gasteiger partial charge in [-0.05, 0) is 64.0 Å². The van der Waals surface area contributed by atoms with Gasteiger partial charge in [-0.3, -0.25) is 0 Å². The molecule has 3 rings (SSSR count). The Hall–Kier alpha value is -2.29. The van der Waals surface area contributed by atoms with Crippen molar-refractivity contribution in [1.82, 2.24) is 15.1 Å². The average Bonchev–Trinajstić information content (AvgIpc) is 3.06. The lowest BCUT2D eigenvalue weighted by molar-refractivity contribution is 0.129. The highest BCUT2D eigenvalue weighted by Gasteiger charge is 2.38. The van der Waals surface area contributed by atoms with Gasteiger partial charge in [0.15, 0.2) is 14.1 Å². The quantitative estimate of drug-likeness (QED) is 0.247. The molecule has 1 atom stereocenters. The fourth-order valence-corrected chi connectivity index (χ4v) is 4.96. The highest BCUT2D eigenvalue weighted by Crippen LogP contribution is 2.37. The number of rotatable bonds is 7. The number of aryl methyl sites for hydroxylation is 2. The summed E-state index contributed by atoms with van der Waals surface area (Å²) in [4.78, 5) is 8.96. The lowest BCUT2D eigenvalue weighted by Crippen LogP contribution is -2.44. The van der Waals surface area contributed by atoms with Crippen LogP contribution < -0.4 is 4.74 Å². The van der Waals surface area contributed by atoms with Crippen LogP contribution in [0.1, 0.15) is 44.7 Å². The average molecular weight is 506 g/mol. The molecule has 0 radical (unpaired) electrons. The first kappa shape index (κ1) is 26.3. The van der Waals surface area contributed by atoms with Crippen LogP contribution in [0.3, 0.4) is 0 Å². The summed E-state index contributed by atoms with van der Waals surface area (Å²) in [5, 5.41) is 4.34. The highest BCUT2D eigenvalue weighted by atomic mass is 35.5. The fraction of sp³-hybridized carbons (Fsp3) is 0.480. The Morgan fingerprint density at radius 3 is 2.41 bits per heavy atom. The van der Waals surface area contributed by atoms with Crippen LogP contribution in [0.2, 0.25) is 23.3 Å². The number of hydrogen-bond acceptors (Lipinski definition) is 6. The summed E-state index contributed by atoms with van der Waals surface area (Å²) in [7, 11) is -1.92. The van der Waals surface area contributed by atoms with Crippen LogP contribution in [0, 0.1) is 26.6 Å². The Balaban J connectivity index is 1.89. The Morgan fingerprint density at radius 1 is 1.15 bits per heavy atom. The van der Waals surface area contributed by atoms with E-state index < -0.39 is 14.1 Å². The minimum Gasteiger partial charge on any atom is -0.491 e. The van der Waals surface area contributed by atoms with E-state index in [-0.39, 0.29) is 27.7 Å². The number of nitrogens with zero attached hydrogens (tertiary/aromatic N) is 3. The summed E-state index contributed by atoms with van der Waals surface area (Å²) in [5.74, 6) is 0.803. The minimum absolute atomic E-state index is 0.102. The van der Waals surface area contributed by atoms with E-state index in [1.165, 1.54) is 6.07 Å². The van der Waals surface area contributed by atoms with E-state index >= 15 is 0 Å². The number of hydrogen-bond donors (Lipinski definition) is 0. The summed E-state index contributed by atoms with van der Waals surface area (Å²) in [6.07, 6.45) is -0.106. The third-order valence-corrected chi connectivity index (χ3v) is 11.3. The van der Waals surface area contributed by atoms with Crippen LogP contribution in [0.5, 0.6) is 5.75 Å². The topological polar surface area (TPSA) is 70.3 Å². The molecular weight excluding hydrogens is 473 g/mol. The van der Waals surface area contributed by atoms with Crippen LogP contribution in [-0.4, -0.2) is 36.2 Å². The van der Waals surface area contributed by atoms with Gasteiger partial charge in [0, 0.05) is 5.56 Å². The van der Waals surface area contributed by atoms with E-state index in [4.69, 9.17) is 25.3 Å². The van der Waals surface area contributed by atoms with Gasteiger partial charge in [0.05, 0.1) is 28.6 Å². The van der Waals surface area contributed by atoms with E-state index in [1.54, 1.807) is 19.1 Å². The minimum atomic E-state index is -1.92. The zero-order chi connectivity index (χ0) is 25.4. The molecule has 2 heterocycles. The Morgan fingerprint density at radius 2 is 1.82 bits per heavy atom. The first-order chi connectivity index (χ1) is 15.7. The van der Waals surface area contributed by atoms with Crippen molar-refractivity contribution in [3.8, 4) is 28.4 Å². The van der Waals surface area contributed by atoms with E-state index in [9.17, 15) is 4.39 Å². The van der Waals surface area contributed by atoms with Crippen molar-refractivity contribution in [1.29, 1.82) is 0 Å². The molecule has 0 aliphatic heterocycles. The summed E-state index contributed by atoms with van der Waals surface area (Å²) < 4.78 is 32.4. The highest BCUT2D eigenvalue weighted by molar-refractivity contribution is 6.74. The Labute approximate surface area is 207 Å². The van der Waals surface area contributed by atoms with Gasteiger partial charge >= 0.3 is 0 Å². The molecule has 0 spiro atoms. The molecule has 0 amide bonds. The molecule has 184 valence electrons. The van der Waals surface area contributed by atoms with Crippen LogP contribution in [-0.2, 0) is 4.43 Å². The van der Waals surface area contributed by atoms with Gasteiger partial charge < -0.3 is 13.7 Å². The molecule has 1 aromatic carbocycles. The van der Waals surface area contributed by atoms with Gasteiger partial charge in [0.2, 0.25) is 0 Å². The zero-order valence-corrected chi connectivity index (χ0v) is 23.1. The van der Waals surface area contributed by atoms with Crippen LogP contribution in [0.25, 0.3) is 22.6 Å². The fourth-order valence-electron chi connectivity index (χ4n) is 3.37. The first-order valence-corrected chi connectivity index (χ1v) is 14.6. The Kier molecular flexibility index (Phi) is 7.55. The molecular formula is C25H33ClFN3O3Si. The molecule has 0 aliphatic carbocycles. The van der Waals surface area contributed by atoms with Crippen LogP contribution >= 0.6 is 11.6 Å². The molecule has 0 saturated heterocycles. The second-order valence-electron chi connectivity index (χ2n) is 10.2. The molecule has 6 nitrogen and oxygen atoms in total. The Bertz CT molecular complexity index is 1170. The second kappa shape index (κ2) is 9.75. The molecule has 0 aliphatic rings. The van der Waals surface area contributed by atoms with Crippen molar-refractivity contribution in [2.45, 2.75) is 72.7 Å². The van der Waals surface area contributed by atoms with Gasteiger partial charge in [0.25, 0.3) is 0 Å². The zero-order valence-electron chi connectivity index (χ0n) is 21.3. The molecule has 9 heteroatoms. The van der Waals surface area contributed by atoms with E-state index in [2.05, 4.69) is 49.0 Å². The third-order valence-electron chi connectivity index (χ3n) is 6.32. The van der Waals surface area contributed by atoms with E-state index in [1.807, 2.05) is 20.8 Å². The summed E-state index contributed by atoms with van der Waals surface area (Å²) in [6, 6.07) is 4.52. The summed E-state index contributed by atoms with van der Waals surface area (Å²) >= 11 is 6.42. The molecule has 0 bridgehead atoms. The maximum absolute atomic E-state index is 14.8. The van der Waals surface area contributed by atoms with Gasteiger partial charge in [-0.1, -0.05) is 37.5 Å². The van der Waals surface area contributed by atoms with Gasteiger partial charge in [-0.2, -0.15) is 0 Å². The molecule has 0 unspecified atom stereocenters. The molecule has 0 saturated carbocycles. The number of benzene rings is 1. The largest absolute Gasteiger partial charge is 0.491 e. The van der Waals surface area contributed by atoms with Crippen molar-refractivity contribution in [2.24, 2.45) is 0 Å². The van der Waals surface area contributed by atoms with Gasteiger partial charge in [0.1, 0.15) is 29.1 Å². The summed E-state index contributed by atoms with van der Waals surface area (Å²) in [6.45, 7) is 18.8. The second-order valence-corrected chi connectivity index (χ2v) is 15.3. The normalized spacial score (nSPS) is 13.3.